The predicted molar refractivity (Wildman–Crippen MR) is 105 cm³/mol. The average Bonchev–Trinajstić information content (AvgIpc) is 2.71. The molecule has 0 bridgehead atoms. The first-order chi connectivity index (χ1) is 14.7. The lowest BCUT2D eigenvalue weighted by Crippen LogP contribution is -2.46. The zero-order chi connectivity index (χ0) is 25.1. The molecule has 0 fully saturated rings. The third-order valence-electron chi connectivity index (χ3n) is 3.96. The van der Waals surface area contributed by atoms with Gasteiger partial charge < -0.3 is 51.1 Å². The molecule has 4 atom stereocenters. The first-order valence-electron chi connectivity index (χ1n) is 8.93. The average molecular weight is 462 g/mol. The molecular formula is C19H26O13. The number of benzene rings is 1. The van der Waals surface area contributed by atoms with Crippen molar-refractivity contribution in [2.24, 2.45) is 0 Å². The molecule has 13 heteroatoms. The van der Waals surface area contributed by atoms with Crippen LogP contribution in [0, 0.1) is 0 Å². The molecule has 0 saturated carbocycles. The number of carboxylic acids is 3. The van der Waals surface area contributed by atoms with Crippen molar-refractivity contribution in [1.29, 1.82) is 0 Å². The summed E-state index contributed by atoms with van der Waals surface area (Å²) in [4.78, 5) is 30.5. The molecular weight excluding hydrogens is 436 g/mol. The van der Waals surface area contributed by atoms with Crippen molar-refractivity contribution in [2.75, 3.05) is 6.61 Å². The second-order valence-electron chi connectivity index (χ2n) is 6.63. The summed E-state index contributed by atoms with van der Waals surface area (Å²) in [6.07, 6.45) is -8.02. The van der Waals surface area contributed by atoms with E-state index in [-0.39, 0.29) is 0 Å². The molecule has 13 nitrogen and oxygen atoms in total. The van der Waals surface area contributed by atoms with E-state index >= 15 is 0 Å². The van der Waals surface area contributed by atoms with Gasteiger partial charge in [0.25, 0.3) is 0 Å². The number of hydrogen-bond donors (Lipinski definition) is 10. The molecule has 0 aliphatic rings. The first-order valence-corrected chi connectivity index (χ1v) is 8.93. The highest BCUT2D eigenvalue weighted by Crippen LogP contribution is 2.16. The van der Waals surface area contributed by atoms with E-state index in [4.69, 9.17) is 30.6 Å². The topological polar surface area (TPSA) is 254 Å². The van der Waals surface area contributed by atoms with E-state index in [1.54, 1.807) is 30.3 Å². The van der Waals surface area contributed by atoms with Crippen molar-refractivity contribution in [1.82, 2.24) is 0 Å². The van der Waals surface area contributed by atoms with Crippen LogP contribution in [0.15, 0.2) is 36.1 Å². The van der Waals surface area contributed by atoms with Crippen LogP contribution in [0.3, 0.4) is 0 Å². The van der Waals surface area contributed by atoms with Crippen LogP contribution < -0.4 is 0 Å². The zero-order valence-electron chi connectivity index (χ0n) is 16.6. The Morgan fingerprint density at radius 1 is 0.844 bits per heavy atom. The molecule has 1 aromatic rings. The normalized spacial score (nSPS) is 15.5. The van der Waals surface area contributed by atoms with Crippen LogP contribution in [-0.4, -0.2) is 106 Å². The number of hydrogen-bond acceptors (Lipinski definition) is 10. The number of aliphatic carboxylic acids is 3. The molecule has 4 unspecified atom stereocenters. The second-order valence-corrected chi connectivity index (χ2v) is 6.63. The molecule has 1 aromatic carbocycles. The van der Waals surface area contributed by atoms with E-state index in [1.807, 2.05) is 0 Å². The van der Waals surface area contributed by atoms with Crippen LogP contribution >= 0.6 is 0 Å². The van der Waals surface area contributed by atoms with E-state index in [1.165, 1.54) is 6.08 Å². The van der Waals surface area contributed by atoms with E-state index in [0.717, 1.165) is 0 Å². The van der Waals surface area contributed by atoms with E-state index < -0.39 is 73.1 Å². The summed E-state index contributed by atoms with van der Waals surface area (Å²) in [5.41, 5.74) is -2.14. The molecule has 0 aliphatic heterocycles. The fraction of sp³-hybridized carbons (Fsp3) is 0.421. The lowest BCUT2D eigenvalue weighted by atomic mass is 9.96. The minimum absolute atomic E-state index is 0.553. The Morgan fingerprint density at radius 3 is 1.69 bits per heavy atom. The molecule has 0 aliphatic carbocycles. The van der Waals surface area contributed by atoms with Gasteiger partial charge in [-0.25, -0.2) is 4.79 Å². The summed E-state index contributed by atoms with van der Waals surface area (Å²) in [6.45, 7) is -0.770. The molecule has 0 heterocycles. The molecule has 32 heavy (non-hydrogen) atoms. The maximum Gasteiger partial charge on any atom is 0.336 e. The van der Waals surface area contributed by atoms with Crippen LogP contribution in [0.2, 0.25) is 0 Å². The van der Waals surface area contributed by atoms with Crippen molar-refractivity contribution in [3.63, 3.8) is 0 Å². The van der Waals surface area contributed by atoms with Crippen LogP contribution in [0.4, 0.5) is 0 Å². The standard InChI is InChI=1S/C13H18O6.C6H8O7/c14-7-10(16)12(18)13(19)11(17)9(15)6-8-4-2-1-3-5-8;7-3(8)1-6(13,5(11)12)2-4(9)10/h1-6,10-19H,7H2;13H,1-2H2,(H,7,8)(H,9,10)(H,11,12). The summed E-state index contributed by atoms with van der Waals surface area (Å²) in [5.74, 6) is -5.57. The van der Waals surface area contributed by atoms with Crippen molar-refractivity contribution in [2.45, 2.75) is 42.9 Å². The molecule has 0 amide bonds. The lowest BCUT2D eigenvalue weighted by Gasteiger charge is -2.25. The van der Waals surface area contributed by atoms with Crippen LogP contribution in [0.25, 0.3) is 6.08 Å². The Bertz CT molecular complexity index is 761. The number of aliphatic hydroxyl groups excluding tert-OH is 6. The fourth-order valence-corrected chi connectivity index (χ4v) is 2.22. The third-order valence-corrected chi connectivity index (χ3v) is 3.96. The fourth-order valence-electron chi connectivity index (χ4n) is 2.22. The molecule has 1 rings (SSSR count). The Kier molecular flexibility index (Phi) is 12.1. The van der Waals surface area contributed by atoms with Gasteiger partial charge in [-0.1, -0.05) is 30.3 Å². The maximum atomic E-state index is 10.3. The van der Waals surface area contributed by atoms with Gasteiger partial charge in [0.1, 0.15) is 30.2 Å². The van der Waals surface area contributed by atoms with Crippen molar-refractivity contribution >= 4 is 24.0 Å². The van der Waals surface area contributed by atoms with Gasteiger partial charge in [-0.15, -0.1) is 0 Å². The SMILES string of the molecule is O=C(O)CC(O)(CC(=O)O)C(=O)O.OCC(O)C(O)C(O)C(O)C(O)=Cc1ccccc1. The summed E-state index contributed by atoms with van der Waals surface area (Å²) >= 11 is 0. The summed E-state index contributed by atoms with van der Waals surface area (Å²) < 4.78 is 0. The summed E-state index contributed by atoms with van der Waals surface area (Å²) in [7, 11) is 0. The maximum absolute atomic E-state index is 10.3. The van der Waals surface area contributed by atoms with Gasteiger partial charge >= 0.3 is 17.9 Å². The van der Waals surface area contributed by atoms with Gasteiger partial charge in [-0.05, 0) is 11.6 Å². The predicted octanol–water partition coefficient (Wildman–Crippen LogP) is -2.23. The largest absolute Gasteiger partial charge is 0.509 e. The highest BCUT2D eigenvalue weighted by molar-refractivity contribution is 5.88. The Balaban J connectivity index is 0.000000649. The molecule has 0 radical (unpaired) electrons. The second kappa shape index (κ2) is 13.4. The van der Waals surface area contributed by atoms with Gasteiger partial charge in [0.05, 0.1) is 19.4 Å². The molecule has 0 saturated heterocycles. The van der Waals surface area contributed by atoms with Crippen LogP contribution in [-0.2, 0) is 14.4 Å². The molecule has 10 N–H and O–H groups in total. The molecule has 0 aromatic heterocycles. The Morgan fingerprint density at radius 2 is 1.31 bits per heavy atom. The van der Waals surface area contributed by atoms with Gasteiger partial charge in [0.2, 0.25) is 0 Å². The smallest absolute Gasteiger partial charge is 0.336 e. The van der Waals surface area contributed by atoms with Crippen LogP contribution in [0.5, 0.6) is 0 Å². The number of carboxylic acid groups (broad SMARTS) is 3. The zero-order valence-corrected chi connectivity index (χ0v) is 16.6. The van der Waals surface area contributed by atoms with Gasteiger partial charge in [0.15, 0.2) is 5.60 Å². The van der Waals surface area contributed by atoms with E-state index in [2.05, 4.69) is 0 Å². The van der Waals surface area contributed by atoms with Crippen LogP contribution in [0.1, 0.15) is 18.4 Å². The number of aliphatic hydroxyl groups is 7. The summed E-state index contributed by atoms with van der Waals surface area (Å²) in [5, 5.41) is 89.8. The molecule has 180 valence electrons. The quantitative estimate of drug-likeness (QED) is 0.156. The highest BCUT2D eigenvalue weighted by atomic mass is 16.4. The van der Waals surface area contributed by atoms with E-state index in [9.17, 15) is 34.8 Å². The van der Waals surface area contributed by atoms with Gasteiger partial charge in [-0.2, -0.15) is 0 Å². The highest BCUT2D eigenvalue weighted by Gasteiger charge is 2.40. The minimum Gasteiger partial charge on any atom is -0.509 e. The minimum atomic E-state index is -2.74. The Hall–Kier alpha value is -3.07. The number of carbonyl (C=O) groups is 3. The third kappa shape index (κ3) is 9.82. The van der Waals surface area contributed by atoms with Gasteiger partial charge in [-0.3, -0.25) is 9.59 Å². The number of rotatable bonds is 11. The molecule has 0 spiro atoms. The van der Waals surface area contributed by atoms with Gasteiger partial charge in [0, 0.05) is 0 Å². The summed E-state index contributed by atoms with van der Waals surface area (Å²) in [6, 6.07) is 8.59. The van der Waals surface area contributed by atoms with Crippen molar-refractivity contribution < 1.29 is 65.4 Å². The first kappa shape index (κ1) is 28.9. The van der Waals surface area contributed by atoms with Crippen molar-refractivity contribution in [3.8, 4) is 0 Å². The van der Waals surface area contributed by atoms with E-state index in [0.29, 0.717) is 5.56 Å². The monoisotopic (exact) mass is 462 g/mol. The lowest BCUT2D eigenvalue weighted by molar-refractivity contribution is -0.170. The Labute approximate surface area is 181 Å². The van der Waals surface area contributed by atoms with Crippen molar-refractivity contribution in [3.05, 3.63) is 41.7 Å².